The molecule has 1 heterocycles. The molecule has 1 N–H and O–H groups in total. The third-order valence-electron chi connectivity index (χ3n) is 5.14. The molecule has 1 aliphatic rings. The largest absolute Gasteiger partial charge is 0.497 e. The van der Waals surface area contributed by atoms with Gasteiger partial charge >= 0.3 is 5.97 Å². The third-order valence-corrected chi connectivity index (χ3v) is 5.14. The summed E-state index contributed by atoms with van der Waals surface area (Å²) < 4.78 is 5.34. The Morgan fingerprint density at radius 3 is 2.42 bits per heavy atom. The maximum Gasteiger partial charge on any atom is 0.335 e. The number of methoxy groups -OCH3 is 1. The van der Waals surface area contributed by atoms with Crippen LogP contribution in [-0.4, -0.2) is 54.2 Å². The first-order valence-corrected chi connectivity index (χ1v) is 8.99. The molecule has 2 aromatic rings. The molecule has 1 saturated heterocycles. The molecular weight excluding hydrogens is 328 g/mol. The van der Waals surface area contributed by atoms with Crippen LogP contribution in [-0.2, 0) is 6.54 Å². The molecule has 0 spiro atoms. The number of aromatic carboxylic acids is 1. The Morgan fingerprint density at radius 1 is 1.12 bits per heavy atom. The fourth-order valence-electron chi connectivity index (χ4n) is 3.43. The predicted molar refractivity (Wildman–Crippen MR) is 102 cm³/mol. The van der Waals surface area contributed by atoms with Crippen molar-refractivity contribution in [3.05, 3.63) is 65.2 Å². The van der Waals surface area contributed by atoms with E-state index in [1.807, 2.05) is 24.3 Å². The topological polar surface area (TPSA) is 53.0 Å². The van der Waals surface area contributed by atoms with Crippen molar-refractivity contribution in [1.82, 2.24) is 9.80 Å². The summed E-state index contributed by atoms with van der Waals surface area (Å²) in [6.45, 7) is 7.16. The number of nitrogens with zero attached hydrogens (tertiary/aromatic N) is 2. The summed E-state index contributed by atoms with van der Waals surface area (Å²) in [5.41, 5.74) is 2.78. The minimum absolute atomic E-state index is 0.339. The molecule has 5 nitrogen and oxygen atoms in total. The zero-order valence-corrected chi connectivity index (χ0v) is 15.4. The van der Waals surface area contributed by atoms with Gasteiger partial charge in [-0.15, -0.1) is 0 Å². The number of hydrogen-bond acceptors (Lipinski definition) is 4. The van der Waals surface area contributed by atoms with Gasteiger partial charge in [0.1, 0.15) is 5.75 Å². The van der Waals surface area contributed by atoms with Crippen LogP contribution < -0.4 is 4.74 Å². The maximum absolute atomic E-state index is 10.9. The van der Waals surface area contributed by atoms with Crippen LogP contribution >= 0.6 is 0 Å². The molecule has 0 aliphatic carbocycles. The highest BCUT2D eigenvalue weighted by Gasteiger charge is 2.22. The summed E-state index contributed by atoms with van der Waals surface area (Å²) >= 11 is 0. The van der Waals surface area contributed by atoms with E-state index in [9.17, 15) is 4.79 Å². The lowest BCUT2D eigenvalue weighted by molar-refractivity contribution is 0.0697. The van der Waals surface area contributed by atoms with E-state index >= 15 is 0 Å². The highest BCUT2D eigenvalue weighted by molar-refractivity contribution is 5.87. The summed E-state index contributed by atoms with van der Waals surface area (Å²) in [4.78, 5) is 15.9. The van der Waals surface area contributed by atoms with Gasteiger partial charge in [-0.3, -0.25) is 9.80 Å². The molecule has 5 heteroatoms. The number of piperazine rings is 1. The van der Waals surface area contributed by atoms with Crippen molar-refractivity contribution in [3.8, 4) is 5.75 Å². The van der Waals surface area contributed by atoms with Gasteiger partial charge in [0, 0.05) is 38.8 Å². The van der Waals surface area contributed by atoms with E-state index in [2.05, 4.69) is 28.9 Å². The van der Waals surface area contributed by atoms with Gasteiger partial charge in [0.25, 0.3) is 0 Å². The first kappa shape index (κ1) is 18.4. The number of rotatable bonds is 6. The van der Waals surface area contributed by atoms with Crippen molar-refractivity contribution in [2.24, 2.45) is 0 Å². The molecule has 26 heavy (non-hydrogen) atoms. The van der Waals surface area contributed by atoms with E-state index in [0.29, 0.717) is 11.6 Å². The van der Waals surface area contributed by atoms with Gasteiger partial charge in [0.15, 0.2) is 0 Å². The van der Waals surface area contributed by atoms with E-state index < -0.39 is 5.97 Å². The SMILES string of the molecule is COc1cccc(C(C)N2CCN(Cc3ccc(C(=O)O)cc3)CC2)c1. The number of carboxylic acid groups (broad SMARTS) is 1. The number of carbonyl (C=O) groups is 1. The number of ether oxygens (including phenoxy) is 1. The van der Waals surface area contributed by atoms with Gasteiger partial charge in [-0.2, -0.15) is 0 Å². The van der Waals surface area contributed by atoms with Crippen LogP contribution in [0.2, 0.25) is 0 Å². The molecular formula is C21H26N2O3. The Balaban J connectivity index is 1.54. The molecule has 0 saturated carbocycles. The highest BCUT2D eigenvalue weighted by Crippen LogP contribution is 2.25. The van der Waals surface area contributed by atoms with Crippen molar-refractivity contribution in [2.75, 3.05) is 33.3 Å². The third kappa shape index (κ3) is 4.42. The number of hydrogen-bond donors (Lipinski definition) is 1. The maximum atomic E-state index is 10.9. The molecule has 1 atom stereocenters. The Bertz CT molecular complexity index is 737. The molecule has 1 unspecified atom stereocenters. The Hall–Kier alpha value is -2.37. The van der Waals surface area contributed by atoms with E-state index in [-0.39, 0.29) is 0 Å². The molecule has 1 fully saturated rings. The van der Waals surface area contributed by atoms with Gasteiger partial charge in [-0.05, 0) is 42.3 Å². The smallest absolute Gasteiger partial charge is 0.335 e. The van der Waals surface area contributed by atoms with Gasteiger partial charge < -0.3 is 9.84 Å². The van der Waals surface area contributed by atoms with Crippen LogP contribution in [0, 0.1) is 0 Å². The summed E-state index contributed by atoms with van der Waals surface area (Å²) in [7, 11) is 1.70. The summed E-state index contributed by atoms with van der Waals surface area (Å²) in [5, 5.41) is 8.98. The molecule has 0 aromatic heterocycles. The van der Waals surface area contributed by atoms with Crippen molar-refractivity contribution in [1.29, 1.82) is 0 Å². The molecule has 138 valence electrons. The Labute approximate surface area is 154 Å². The second-order valence-corrected chi connectivity index (χ2v) is 6.77. The van der Waals surface area contributed by atoms with E-state index in [1.165, 1.54) is 5.56 Å². The van der Waals surface area contributed by atoms with E-state index in [1.54, 1.807) is 19.2 Å². The number of carboxylic acids is 1. The minimum atomic E-state index is -0.878. The molecule has 0 amide bonds. The van der Waals surface area contributed by atoms with Crippen LogP contribution in [0.4, 0.5) is 0 Å². The van der Waals surface area contributed by atoms with E-state index in [0.717, 1.165) is 44.0 Å². The highest BCUT2D eigenvalue weighted by atomic mass is 16.5. The number of benzene rings is 2. The lowest BCUT2D eigenvalue weighted by Crippen LogP contribution is -2.46. The lowest BCUT2D eigenvalue weighted by atomic mass is 10.1. The zero-order chi connectivity index (χ0) is 18.5. The monoisotopic (exact) mass is 354 g/mol. The second-order valence-electron chi connectivity index (χ2n) is 6.77. The first-order valence-electron chi connectivity index (χ1n) is 8.99. The van der Waals surface area contributed by atoms with Gasteiger partial charge in [0.2, 0.25) is 0 Å². The fourth-order valence-corrected chi connectivity index (χ4v) is 3.43. The quantitative estimate of drug-likeness (QED) is 0.863. The Morgan fingerprint density at radius 2 is 1.81 bits per heavy atom. The normalized spacial score (nSPS) is 17.0. The standard InChI is InChI=1S/C21H26N2O3/c1-16(19-4-3-5-20(14-19)26-2)23-12-10-22(11-13-23)15-17-6-8-18(9-7-17)21(24)25/h3-9,14,16H,10-13,15H2,1-2H3,(H,24,25). The van der Waals surface area contributed by atoms with Crippen molar-refractivity contribution in [2.45, 2.75) is 19.5 Å². The van der Waals surface area contributed by atoms with Crippen LogP contribution in [0.15, 0.2) is 48.5 Å². The second kappa shape index (κ2) is 8.34. The zero-order valence-electron chi connectivity index (χ0n) is 15.4. The van der Waals surface area contributed by atoms with Crippen molar-refractivity contribution >= 4 is 5.97 Å². The molecule has 0 bridgehead atoms. The molecule has 0 radical (unpaired) electrons. The van der Waals surface area contributed by atoms with Gasteiger partial charge in [-0.25, -0.2) is 4.79 Å². The van der Waals surface area contributed by atoms with Crippen LogP contribution in [0.3, 0.4) is 0 Å². The average molecular weight is 354 g/mol. The van der Waals surface area contributed by atoms with Crippen molar-refractivity contribution < 1.29 is 14.6 Å². The molecule has 2 aromatic carbocycles. The van der Waals surface area contributed by atoms with Crippen LogP contribution in [0.5, 0.6) is 5.75 Å². The summed E-state index contributed by atoms with van der Waals surface area (Å²) in [5.74, 6) is 0.0227. The van der Waals surface area contributed by atoms with Gasteiger partial charge in [-0.1, -0.05) is 24.3 Å². The summed E-state index contributed by atoms with van der Waals surface area (Å²) in [6, 6.07) is 15.8. The van der Waals surface area contributed by atoms with Crippen LogP contribution in [0.25, 0.3) is 0 Å². The van der Waals surface area contributed by atoms with E-state index in [4.69, 9.17) is 9.84 Å². The summed E-state index contributed by atoms with van der Waals surface area (Å²) in [6.07, 6.45) is 0. The van der Waals surface area contributed by atoms with Gasteiger partial charge in [0.05, 0.1) is 12.7 Å². The first-order chi connectivity index (χ1) is 12.6. The minimum Gasteiger partial charge on any atom is -0.497 e. The van der Waals surface area contributed by atoms with Crippen LogP contribution in [0.1, 0.15) is 34.5 Å². The van der Waals surface area contributed by atoms with Crippen molar-refractivity contribution in [3.63, 3.8) is 0 Å². The lowest BCUT2D eigenvalue weighted by Gasteiger charge is -2.38. The molecule has 1 aliphatic heterocycles. The molecule has 3 rings (SSSR count). The Kier molecular flexibility index (Phi) is 5.91. The fraction of sp³-hybridized carbons (Fsp3) is 0.381. The predicted octanol–water partition coefficient (Wildman–Crippen LogP) is 3.27. The average Bonchev–Trinajstić information content (AvgIpc) is 2.68.